The SMILES string of the molecule is COC(=O)CC(Cc1ccccc1)(C(=O)O)P(=O)(O)O. The molecule has 1 aromatic carbocycles. The van der Waals surface area contributed by atoms with Crippen LogP contribution in [0.2, 0.25) is 0 Å². The maximum absolute atomic E-state index is 11.7. The van der Waals surface area contributed by atoms with E-state index in [1.807, 2.05) is 0 Å². The molecule has 0 aliphatic carbocycles. The molecule has 0 bridgehead atoms. The molecule has 0 aliphatic heterocycles. The first kappa shape index (κ1) is 16.4. The van der Waals surface area contributed by atoms with Crippen molar-refractivity contribution in [2.75, 3.05) is 7.11 Å². The molecule has 7 nitrogen and oxygen atoms in total. The Hall–Kier alpha value is -1.69. The molecule has 0 heterocycles. The van der Waals surface area contributed by atoms with Crippen LogP contribution in [0.4, 0.5) is 0 Å². The molecule has 0 radical (unpaired) electrons. The molecule has 110 valence electrons. The normalized spacial score (nSPS) is 14.3. The Bertz CT molecular complexity index is 536. The summed E-state index contributed by atoms with van der Waals surface area (Å²) >= 11 is 0. The van der Waals surface area contributed by atoms with Crippen molar-refractivity contribution < 1.29 is 33.8 Å². The summed E-state index contributed by atoms with van der Waals surface area (Å²) in [6, 6.07) is 7.97. The number of carbonyl (C=O) groups excluding carboxylic acids is 1. The zero-order valence-corrected chi connectivity index (χ0v) is 11.6. The lowest BCUT2D eigenvalue weighted by atomic mass is 9.95. The fourth-order valence-corrected chi connectivity index (χ4v) is 2.76. The molecule has 0 aliphatic rings. The highest BCUT2D eigenvalue weighted by Crippen LogP contribution is 2.54. The van der Waals surface area contributed by atoms with Crippen molar-refractivity contribution >= 4 is 19.5 Å². The van der Waals surface area contributed by atoms with Crippen molar-refractivity contribution in [2.45, 2.75) is 18.0 Å². The summed E-state index contributed by atoms with van der Waals surface area (Å²) in [5, 5.41) is 6.74. The first-order valence-electron chi connectivity index (χ1n) is 5.63. The summed E-state index contributed by atoms with van der Waals surface area (Å²) in [7, 11) is -4.07. The molecule has 1 unspecified atom stereocenters. The molecule has 0 fully saturated rings. The summed E-state index contributed by atoms with van der Waals surface area (Å²) in [5.74, 6) is -2.73. The third-order valence-corrected chi connectivity index (χ3v) is 4.58. The van der Waals surface area contributed by atoms with E-state index in [9.17, 15) is 29.0 Å². The van der Waals surface area contributed by atoms with E-state index in [4.69, 9.17) is 0 Å². The Kier molecular flexibility index (Phi) is 5.05. The van der Waals surface area contributed by atoms with Crippen LogP contribution >= 0.6 is 7.60 Å². The van der Waals surface area contributed by atoms with E-state index >= 15 is 0 Å². The van der Waals surface area contributed by atoms with Gasteiger partial charge >= 0.3 is 19.5 Å². The van der Waals surface area contributed by atoms with Gasteiger partial charge in [0.05, 0.1) is 13.5 Å². The number of carboxylic acid groups (broad SMARTS) is 1. The molecule has 0 saturated heterocycles. The van der Waals surface area contributed by atoms with Crippen molar-refractivity contribution in [3.8, 4) is 0 Å². The minimum atomic E-state index is -5.10. The van der Waals surface area contributed by atoms with E-state index < -0.39 is 37.5 Å². The van der Waals surface area contributed by atoms with Gasteiger partial charge in [-0.25, -0.2) is 0 Å². The zero-order chi connectivity index (χ0) is 15.4. The Labute approximate surface area is 115 Å². The van der Waals surface area contributed by atoms with E-state index in [0.29, 0.717) is 5.56 Å². The van der Waals surface area contributed by atoms with Crippen LogP contribution in [0, 0.1) is 0 Å². The Balaban J connectivity index is 3.27. The number of carboxylic acids is 1. The molecule has 0 aromatic heterocycles. The number of rotatable bonds is 6. The van der Waals surface area contributed by atoms with Crippen LogP contribution in [0.3, 0.4) is 0 Å². The highest BCUT2D eigenvalue weighted by atomic mass is 31.2. The van der Waals surface area contributed by atoms with E-state index in [2.05, 4.69) is 4.74 Å². The second kappa shape index (κ2) is 6.17. The third kappa shape index (κ3) is 3.45. The lowest BCUT2D eigenvalue weighted by Gasteiger charge is -2.29. The van der Waals surface area contributed by atoms with E-state index in [1.165, 1.54) is 12.1 Å². The number of aliphatic carboxylic acids is 1. The maximum Gasteiger partial charge on any atom is 0.343 e. The number of benzene rings is 1. The highest BCUT2D eigenvalue weighted by Gasteiger charge is 2.55. The van der Waals surface area contributed by atoms with Gasteiger partial charge in [0.2, 0.25) is 0 Å². The quantitative estimate of drug-likeness (QED) is 0.524. The first-order chi connectivity index (χ1) is 9.23. The van der Waals surface area contributed by atoms with Crippen molar-refractivity contribution in [1.82, 2.24) is 0 Å². The van der Waals surface area contributed by atoms with Crippen LogP contribution in [0.5, 0.6) is 0 Å². The predicted octanol–water partition coefficient (Wildman–Crippen LogP) is 0.793. The number of hydrogen-bond acceptors (Lipinski definition) is 4. The third-order valence-electron chi connectivity index (χ3n) is 2.96. The summed E-state index contributed by atoms with van der Waals surface area (Å²) in [6.45, 7) is 0. The average molecular weight is 302 g/mol. The van der Waals surface area contributed by atoms with Crippen molar-refractivity contribution in [3.63, 3.8) is 0 Å². The van der Waals surface area contributed by atoms with E-state index in [1.54, 1.807) is 18.2 Å². The van der Waals surface area contributed by atoms with Crippen molar-refractivity contribution in [1.29, 1.82) is 0 Å². The molecule has 0 amide bonds. The van der Waals surface area contributed by atoms with Gasteiger partial charge in [-0.2, -0.15) is 0 Å². The molecular formula is C12H15O7P. The average Bonchev–Trinajstić information content (AvgIpc) is 2.37. The molecule has 3 N–H and O–H groups in total. The molecule has 20 heavy (non-hydrogen) atoms. The molecule has 0 spiro atoms. The lowest BCUT2D eigenvalue weighted by molar-refractivity contribution is -0.149. The van der Waals surface area contributed by atoms with Crippen LogP contribution in [0.15, 0.2) is 30.3 Å². The number of methoxy groups -OCH3 is 1. The minimum absolute atomic E-state index is 0.405. The largest absolute Gasteiger partial charge is 0.480 e. The molecule has 1 atom stereocenters. The standard InChI is InChI=1S/C12H15O7P/c1-19-10(13)8-12(11(14)15,20(16,17)18)7-9-5-3-2-4-6-9/h2-6H,7-8H2,1H3,(H,14,15)(H2,16,17,18). The molecule has 1 aromatic rings. The number of carbonyl (C=O) groups is 2. The monoisotopic (exact) mass is 302 g/mol. The number of hydrogen-bond donors (Lipinski definition) is 3. The Morgan fingerprint density at radius 3 is 2.20 bits per heavy atom. The Morgan fingerprint density at radius 2 is 1.80 bits per heavy atom. The fraction of sp³-hybridized carbons (Fsp3) is 0.333. The van der Waals surface area contributed by atoms with Gasteiger partial charge in [0.1, 0.15) is 0 Å². The maximum atomic E-state index is 11.7. The van der Waals surface area contributed by atoms with E-state index in [0.717, 1.165) is 7.11 Å². The summed E-state index contributed by atoms with van der Waals surface area (Å²) in [4.78, 5) is 41.6. The topological polar surface area (TPSA) is 121 Å². The lowest BCUT2D eigenvalue weighted by Crippen LogP contribution is -2.43. The van der Waals surface area contributed by atoms with Crippen LogP contribution in [0.25, 0.3) is 0 Å². The van der Waals surface area contributed by atoms with Crippen molar-refractivity contribution in [2.24, 2.45) is 0 Å². The fourth-order valence-electron chi connectivity index (χ4n) is 1.79. The van der Waals surface area contributed by atoms with Gasteiger partial charge < -0.3 is 19.6 Å². The summed E-state index contributed by atoms with van der Waals surface area (Å²) < 4.78 is 16.0. The van der Waals surface area contributed by atoms with Gasteiger partial charge in [0.25, 0.3) is 0 Å². The second-order valence-corrected chi connectivity index (χ2v) is 6.24. The number of ether oxygens (including phenoxy) is 1. The predicted molar refractivity (Wildman–Crippen MR) is 69.2 cm³/mol. The second-order valence-electron chi connectivity index (χ2n) is 4.30. The van der Waals surface area contributed by atoms with Crippen LogP contribution in [-0.4, -0.2) is 39.1 Å². The van der Waals surface area contributed by atoms with Gasteiger partial charge in [-0.3, -0.25) is 14.2 Å². The Morgan fingerprint density at radius 1 is 1.25 bits per heavy atom. The van der Waals surface area contributed by atoms with Crippen LogP contribution in [-0.2, 0) is 25.3 Å². The number of esters is 1. The minimum Gasteiger partial charge on any atom is -0.480 e. The van der Waals surface area contributed by atoms with Gasteiger partial charge in [-0.05, 0) is 5.56 Å². The molecular weight excluding hydrogens is 287 g/mol. The molecule has 0 saturated carbocycles. The molecule has 8 heteroatoms. The first-order valence-corrected chi connectivity index (χ1v) is 7.24. The molecule has 1 rings (SSSR count). The van der Waals surface area contributed by atoms with Crippen molar-refractivity contribution in [3.05, 3.63) is 35.9 Å². The van der Waals surface area contributed by atoms with E-state index in [-0.39, 0.29) is 0 Å². The van der Waals surface area contributed by atoms with Crippen LogP contribution < -0.4 is 0 Å². The summed E-state index contributed by atoms with van der Waals surface area (Å²) in [6.07, 6.45) is -1.37. The summed E-state index contributed by atoms with van der Waals surface area (Å²) in [5.41, 5.74) is 0.405. The highest BCUT2D eigenvalue weighted by molar-refractivity contribution is 7.54. The van der Waals surface area contributed by atoms with Crippen LogP contribution in [0.1, 0.15) is 12.0 Å². The zero-order valence-electron chi connectivity index (χ0n) is 10.7. The van der Waals surface area contributed by atoms with Gasteiger partial charge in [-0.1, -0.05) is 30.3 Å². The van der Waals surface area contributed by atoms with Gasteiger partial charge in [-0.15, -0.1) is 0 Å². The van der Waals surface area contributed by atoms with Gasteiger partial charge in [0.15, 0.2) is 5.16 Å². The smallest absolute Gasteiger partial charge is 0.343 e. The van der Waals surface area contributed by atoms with Gasteiger partial charge in [0, 0.05) is 6.42 Å².